The lowest BCUT2D eigenvalue weighted by Gasteiger charge is -2.14. The molecule has 4 aromatic rings. The third kappa shape index (κ3) is 4.37. The number of furan rings is 1. The Bertz CT molecular complexity index is 1360. The van der Waals surface area contributed by atoms with Crippen LogP contribution in [0.5, 0.6) is 0 Å². The molecule has 0 fully saturated rings. The van der Waals surface area contributed by atoms with Gasteiger partial charge in [-0.3, -0.25) is 4.79 Å². The minimum absolute atomic E-state index is 0.160. The van der Waals surface area contributed by atoms with Crippen LogP contribution in [-0.2, 0) is 0 Å². The van der Waals surface area contributed by atoms with Gasteiger partial charge in [-0.25, -0.2) is 9.18 Å². The molecule has 0 bridgehead atoms. The quantitative estimate of drug-likeness (QED) is 0.322. The molecular weight excluding hydrogens is 435 g/mol. The lowest BCUT2D eigenvalue weighted by molar-refractivity contribution is 0.0696. The van der Waals surface area contributed by atoms with Crippen molar-refractivity contribution in [2.45, 2.75) is 20.8 Å². The van der Waals surface area contributed by atoms with Gasteiger partial charge in [0.05, 0.1) is 11.1 Å². The standard InChI is InChI=1S/C25H21FN2O4.C2H6/c1-13-21(27-2)18(15-5-4-6-16(11-15)25(30)31)12-19-20(24(29)28-3)23(32-22(13)19)14-7-9-17(26)10-8-14;1-2/h4-12,27H,1-3H3,(H,28,29)(H,30,31);1-2H3. The van der Waals surface area contributed by atoms with E-state index in [0.717, 1.165) is 16.8 Å². The van der Waals surface area contributed by atoms with Crippen LogP contribution in [0.1, 0.15) is 40.1 Å². The van der Waals surface area contributed by atoms with Gasteiger partial charge in [-0.05, 0) is 55.0 Å². The molecule has 6 nitrogen and oxygen atoms in total. The van der Waals surface area contributed by atoms with Gasteiger partial charge in [-0.2, -0.15) is 0 Å². The summed E-state index contributed by atoms with van der Waals surface area (Å²) in [5.41, 5.74) is 4.51. The van der Waals surface area contributed by atoms with Crippen molar-refractivity contribution >= 4 is 28.5 Å². The van der Waals surface area contributed by atoms with E-state index in [2.05, 4.69) is 10.6 Å². The highest BCUT2D eigenvalue weighted by Crippen LogP contribution is 2.42. The number of amides is 1. The fraction of sp³-hybridized carbons (Fsp3) is 0.185. The Morgan fingerprint density at radius 3 is 2.24 bits per heavy atom. The molecule has 1 amide bonds. The van der Waals surface area contributed by atoms with Crippen LogP contribution in [0.15, 0.2) is 59.0 Å². The van der Waals surface area contributed by atoms with Crippen LogP contribution >= 0.6 is 0 Å². The van der Waals surface area contributed by atoms with E-state index < -0.39 is 5.97 Å². The van der Waals surface area contributed by atoms with Crippen molar-refractivity contribution in [2.75, 3.05) is 19.4 Å². The van der Waals surface area contributed by atoms with Crippen molar-refractivity contribution < 1.29 is 23.5 Å². The zero-order valence-corrected chi connectivity index (χ0v) is 19.7. The number of halogens is 1. The highest BCUT2D eigenvalue weighted by molar-refractivity contribution is 6.13. The summed E-state index contributed by atoms with van der Waals surface area (Å²) < 4.78 is 19.6. The Balaban J connectivity index is 0.00000158. The number of aryl methyl sites for hydroxylation is 1. The maximum atomic E-state index is 13.5. The smallest absolute Gasteiger partial charge is 0.335 e. The lowest BCUT2D eigenvalue weighted by Crippen LogP contribution is -2.18. The number of carboxylic acid groups (broad SMARTS) is 1. The van der Waals surface area contributed by atoms with Crippen molar-refractivity contribution in [2.24, 2.45) is 0 Å². The fourth-order valence-electron chi connectivity index (χ4n) is 3.92. The number of anilines is 1. The zero-order valence-electron chi connectivity index (χ0n) is 19.7. The van der Waals surface area contributed by atoms with Crippen LogP contribution in [0.25, 0.3) is 33.4 Å². The number of hydrogen-bond donors (Lipinski definition) is 3. The number of benzene rings is 3. The first-order chi connectivity index (χ1) is 16.3. The summed E-state index contributed by atoms with van der Waals surface area (Å²) in [7, 11) is 3.30. The maximum Gasteiger partial charge on any atom is 0.335 e. The van der Waals surface area contributed by atoms with Crippen LogP contribution in [0.4, 0.5) is 10.1 Å². The lowest BCUT2D eigenvalue weighted by atomic mass is 9.94. The summed E-state index contributed by atoms with van der Waals surface area (Å²) in [5, 5.41) is 15.8. The van der Waals surface area contributed by atoms with Gasteiger partial charge >= 0.3 is 5.97 Å². The molecule has 0 saturated carbocycles. The van der Waals surface area contributed by atoms with Gasteiger partial charge in [0.25, 0.3) is 5.91 Å². The first-order valence-corrected chi connectivity index (χ1v) is 10.9. The third-order valence-electron chi connectivity index (χ3n) is 5.45. The SMILES string of the molecule is CC.CNC(=O)c1c(-c2ccc(F)cc2)oc2c(C)c(NC)c(-c3cccc(C(=O)O)c3)cc12. The highest BCUT2D eigenvalue weighted by Gasteiger charge is 2.25. The van der Waals surface area contributed by atoms with E-state index in [0.29, 0.717) is 33.4 Å². The number of aromatic carboxylic acids is 1. The number of fused-ring (bicyclic) bond motifs is 1. The van der Waals surface area contributed by atoms with Gasteiger partial charge < -0.3 is 20.2 Å². The van der Waals surface area contributed by atoms with Gasteiger partial charge in [-0.15, -0.1) is 0 Å². The molecule has 0 spiro atoms. The summed E-state index contributed by atoms with van der Waals surface area (Å²) in [5.74, 6) is -1.42. The minimum Gasteiger partial charge on any atom is -0.478 e. The minimum atomic E-state index is -1.02. The predicted octanol–water partition coefficient (Wildman–Crippen LogP) is 6.34. The van der Waals surface area contributed by atoms with Gasteiger partial charge in [0, 0.05) is 41.9 Å². The maximum absolute atomic E-state index is 13.5. The van der Waals surface area contributed by atoms with Gasteiger partial charge in [0.15, 0.2) is 0 Å². The molecule has 4 rings (SSSR count). The average Bonchev–Trinajstić information content (AvgIpc) is 3.25. The zero-order chi connectivity index (χ0) is 25.0. The van der Waals surface area contributed by atoms with E-state index in [9.17, 15) is 19.1 Å². The van der Waals surface area contributed by atoms with E-state index in [1.807, 2.05) is 32.9 Å². The van der Waals surface area contributed by atoms with Crippen LogP contribution in [0.3, 0.4) is 0 Å². The van der Waals surface area contributed by atoms with Crippen LogP contribution < -0.4 is 10.6 Å². The second-order valence-corrected chi connectivity index (χ2v) is 7.33. The number of carbonyl (C=O) groups excluding carboxylic acids is 1. The largest absolute Gasteiger partial charge is 0.478 e. The van der Waals surface area contributed by atoms with E-state index >= 15 is 0 Å². The number of nitrogens with one attached hydrogen (secondary N) is 2. The molecule has 0 aliphatic heterocycles. The van der Waals surface area contributed by atoms with E-state index in [1.54, 1.807) is 31.3 Å². The molecule has 0 aliphatic carbocycles. The molecular formula is C27H27FN2O4. The number of carbonyl (C=O) groups is 2. The van der Waals surface area contributed by atoms with Gasteiger partial charge in [0.1, 0.15) is 17.2 Å². The van der Waals surface area contributed by atoms with Crippen LogP contribution in [-0.4, -0.2) is 31.1 Å². The fourth-order valence-corrected chi connectivity index (χ4v) is 3.92. The summed E-state index contributed by atoms with van der Waals surface area (Å²) in [4.78, 5) is 24.3. The molecule has 0 unspecified atom stereocenters. The molecule has 0 saturated heterocycles. The highest BCUT2D eigenvalue weighted by atomic mass is 19.1. The summed E-state index contributed by atoms with van der Waals surface area (Å²) >= 11 is 0. The van der Waals surface area contributed by atoms with Crippen molar-refractivity contribution in [1.29, 1.82) is 0 Å². The Labute approximate surface area is 197 Å². The second-order valence-electron chi connectivity index (χ2n) is 7.33. The third-order valence-corrected chi connectivity index (χ3v) is 5.45. The Kier molecular flexibility index (Phi) is 7.36. The summed E-state index contributed by atoms with van der Waals surface area (Å²) in [6, 6.07) is 14.2. The van der Waals surface area contributed by atoms with E-state index in [1.165, 1.54) is 25.2 Å². The summed E-state index contributed by atoms with van der Waals surface area (Å²) in [6.45, 7) is 5.87. The van der Waals surface area contributed by atoms with Crippen molar-refractivity contribution in [1.82, 2.24) is 5.32 Å². The van der Waals surface area contributed by atoms with Crippen molar-refractivity contribution in [3.05, 3.63) is 77.1 Å². The number of carboxylic acids is 1. The van der Waals surface area contributed by atoms with Crippen molar-refractivity contribution in [3.8, 4) is 22.5 Å². The molecule has 1 aromatic heterocycles. The predicted molar refractivity (Wildman–Crippen MR) is 133 cm³/mol. The molecule has 176 valence electrons. The normalized spacial score (nSPS) is 10.4. The van der Waals surface area contributed by atoms with Crippen LogP contribution in [0.2, 0.25) is 0 Å². The molecule has 0 radical (unpaired) electrons. The molecule has 7 heteroatoms. The molecule has 3 aromatic carbocycles. The monoisotopic (exact) mass is 462 g/mol. The Morgan fingerprint density at radius 1 is 0.971 bits per heavy atom. The number of rotatable bonds is 5. The molecule has 0 aliphatic rings. The first kappa shape index (κ1) is 24.5. The second kappa shape index (κ2) is 10.2. The Hall–Kier alpha value is -4.13. The molecule has 0 atom stereocenters. The molecule has 34 heavy (non-hydrogen) atoms. The van der Waals surface area contributed by atoms with E-state index in [-0.39, 0.29) is 17.3 Å². The first-order valence-electron chi connectivity index (χ1n) is 10.9. The molecule has 1 heterocycles. The number of hydrogen-bond acceptors (Lipinski definition) is 4. The van der Waals surface area contributed by atoms with Gasteiger partial charge in [-0.1, -0.05) is 26.0 Å². The van der Waals surface area contributed by atoms with Gasteiger partial charge in [0.2, 0.25) is 0 Å². The topological polar surface area (TPSA) is 91.6 Å². The van der Waals surface area contributed by atoms with Crippen LogP contribution in [0, 0.1) is 12.7 Å². The summed E-state index contributed by atoms with van der Waals surface area (Å²) in [6.07, 6.45) is 0. The molecule has 3 N–H and O–H groups in total. The van der Waals surface area contributed by atoms with E-state index in [4.69, 9.17) is 4.42 Å². The average molecular weight is 463 g/mol. The van der Waals surface area contributed by atoms with Crippen molar-refractivity contribution in [3.63, 3.8) is 0 Å². The Morgan fingerprint density at radius 2 is 1.65 bits per heavy atom.